The Bertz CT molecular complexity index is 512. The van der Waals surface area contributed by atoms with E-state index in [0.29, 0.717) is 12.0 Å². The van der Waals surface area contributed by atoms with Crippen LogP contribution >= 0.6 is 0 Å². The Morgan fingerprint density at radius 3 is 2.58 bits per heavy atom. The van der Waals surface area contributed by atoms with E-state index >= 15 is 0 Å². The number of rotatable bonds is 5. The molecule has 2 fully saturated rings. The van der Waals surface area contributed by atoms with Crippen molar-refractivity contribution < 1.29 is 9.53 Å². The molecule has 1 aliphatic heterocycles. The molecule has 0 bridgehead atoms. The fourth-order valence-electron chi connectivity index (χ4n) is 3.94. The molecule has 0 spiro atoms. The van der Waals surface area contributed by atoms with E-state index in [1.165, 1.54) is 5.56 Å². The molecule has 4 heteroatoms. The van der Waals surface area contributed by atoms with Gasteiger partial charge in [-0.25, -0.2) is 0 Å². The van der Waals surface area contributed by atoms with Gasteiger partial charge in [0, 0.05) is 25.0 Å². The maximum Gasteiger partial charge on any atom is 0.225 e. The lowest BCUT2D eigenvalue weighted by atomic mass is 9.85. The summed E-state index contributed by atoms with van der Waals surface area (Å²) >= 11 is 0. The van der Waals surface area contributed by atoms with Crippen LogP contribution in [0, 0.1) is 5.92 Å². The third kappa shape index (κ3) is 4.81. The van der Waals surface area contributed by atoms with Crippen LogP contribution in [-0.2, 0) is 16.0 Å². The largest absolute Gasteiger partial charge is 0.378 e. The van der Waals surface area contributed by atoms with E-state index < -0.39 is 0 Å². The first-order valence-corrected chi connectivity index (χ1v) is 9.42. The fraction of sp³-hybridized carbons (Fsp3) is 0.650. The summed E-state index contributed by atoms with van der Waals surface area (Å²) in [4.78, 5) is 14.7. The summed E-state index contributed by atoms with van der Waals surface area (Å²) in [5.41, 5.74) is 7.34. The maximum absolute atomic E-state index is 12.6. The molecule has 2 unspecified atom stereocenters. The molecule has 0 aromatic heterocycles. The quantitative estimate of drug-likeness (QED) is 0.903. The smallest absolute Gasteiger partial charge is 0.225 e. The lowest BCUT2D eigenvalue weighted by Gasteiger charge is -2.36. The Morgan fingerprint density at radius 2 is 1.88 bits per heavy atom. The normalized spacial score (nSPS) is 25.6. The minimum absolute atomic E-state index is 0.157. The standard InChI is InChI=1S/C20H30N2O2/c21-18-8-4-7-17(15-18)20(23)22-12-9-19(10-13-22)24-14-11-16-5-2-1-3-6-16/h1-3,5-6,17-19H,4,7-15,21H2. The first-order valence-electron chi connectivity index (χ1n) is 9.42. The van der Waals surface area contributed by atoms with Crippen molar-refractivity contribution in [3.8, 4) is 0 Å². The van der Waals surface area contributed by atoms with Gasteiger partial charge in [0.15, 0.2) is 0 Å². The molecular formula is C20H30N2O2. The maximum atomic E-state index is 12.6. The highest BCUT2D eigenvalue weighted by atomic mass is 16.5. The fourth-order valence-corrected chi connectivity index (χ4v) is 3.94. The number of carbonyl (C=O) groups is 1. The number of nitrogens with two attached hydrogens (primary N) is 1. The first kappa shape index (κ1) is 17.4. The van der Waals surface area contributed by atoms with Crippen LogP contribution in [0.1, 0.15) is 44.1 Å². The van der Waals surface area contributed by atoms with Gasteiger partial charge in [-0.15, -0.1) is 0 Å². The van der Waals surface area contributed by atoms with E-state index in [1.54, 1.807) is 0 Å². The molecule has 1 aliphatic carbocycles. The van der Waals surface area contributed by atoms with E-state index in [1.807, 2.05) is 11.0 Å². The van der Waals surface area contributed by atoms with E-state index in [2.05, 4.69) is 24.3 Å². The minimum Gasteiger partial charge on any atom is -0.378 e. The lowest BCUT2D eigenvalue weighted by molar-refractivity contribution is -0.139. The van der Waals surface area contributed by atoms with Crippen molar-refractivity contribution in [2.75, 3.05) is 19.7 Å². The van der Waals surface area contributed by atoms with Gasteiger partial charge < -0.3 is 15.4 Å². The third-order valence-corrected chi connectivity index (χ3v) is 5.40. The van der Waals surface area contributed by atoms with Crippen LogP contribution in [-0.4, -0.2) is 42.6 Å². The lowest BCUT2D eigenvalue weighted by Crippen LogP contribution is -2.45. The van der Waals surface area contributed by atoms with Crippen molar-refractivity contribution >= 4 is 5.91 Å². The Kier molecular flexibility index (Phi) is 6.27. The van der Waals surface area contributed by atoms with E-state index in [-0.39, 0.29) is 12.0 Å². The highest BCUT2D eigenvalue weighted by molar-refractivity contribution is 5.79. The number of benzene rings is 1. The summed E-state index contributed by atoms with van der Waals surface area (Å²) in [7, 11) is 0. The summed E-state index contributed by atoms with van der Waals surface area (Å²) < 4.78 is 6.02. The van der Waals surface area contributed by atoms with E-state index in [0.717, 1.165) is 64.6 Å². The second-order valence-electron chi connectivity index (χ2n) is 7.25. The number of ether oxygens (including phenoxy) is 1. The SMILES string of the molecule is NC1CCCC(C(=O)N2CCC(OCCc3ccccc3)CC2)C1. The van der Waals surface area contributed by atoms with Crippen molar-refractivity contribution in [2.24, 2.45) is 11.7 Å². The number of likely N-dealkylation sites (tertiary alicyclic amines) is 1. The summed E-state index contributed by atoms with van der Waals surface area (Å²) in [6.45, 7) is 2.43. The highest BCUT2D eigenvalue weighted by Crippen LogP contribution is 2.26. The van der Waals surface area contributed by atoms with Crippen LogP contribution < -0.4 is 5.73 Å². The second kappa shape index (κ2) is 8.63. The molecule has 132 valence electrons. The average Bonchev–Trinajstić information content (AvgIpc) is 2.63. The van der Waals surface area contributed by atoms with E-state index in [4.69, 9.17) is 10.5 Å². The molecule has 1 aromatic rings. The zero-order valence-corrected chi connectivity index (χ0v) is 14.5. The van der Waals surface area contributed by atoms with Gasteiger partial charge in [0.2, 0.25) is 5.91 Å². The summed E-state index contributed by atoms with van der Waals surface area (Å²) in [6.07, 6.45) is 7.22. The Hall–Kier alpha value is -1.39. The monoisotopic (exact) mass is 330 g/mol. The molecule has 1 aromatic carbocycles. The van der Waals surface area contributed by atoms with Crippen molar-refractivity contribution in [3.63, 3.8) is 0 Å². The molecule has 2 N–H and O–H groups in total. The molecule has 3 rings (SSSR count). The number of piperidine rings is 1. The van der Waals surface area contributed by atoms with Crippen LogP contribution in [0.25, 0.3) is 0 Å². The molecule has 1 amide bonds. The van der Waals surface area contributed by atoms with Crippen LogP contribution in [0.3, 0.4) is 0 Å². The molecule has 1 saturated carbocycles. The topological polar surface area (TPSA) is 55.6 Å². The zero-order chi connectivity index (χ0) is 16.8. The zero-order valence-electron chi connectivity index (χ0n) is 14.5. The van der Waals surface area contributed by atoms with Gasteiger partial charge in [-0.3, -0.25) is 4.79 Å². The summed E-state index contributed by atoms with van der Waals surface area (Å²) in [5, 5.41) is 0. The van der Waals surface area contributed by atoms with Gasteiger partial charge >= 0.3 is 0 Å². The van der Waals surface area contributed by atoms with Crippen LogP contribution in [0.4, 0.5) is 0 Å². The Morgan fingerprint density at radius 1 is 1.12 bits per heavy atom. The highest BCUT2D eigenvalue weighted by Gasteiger charge is 2.31. The van der Waals surface area contributed by atoms with Gasteiger partial charge in [0.25, 0.3) is 0 Å². The minimum atomic E-state index is 0.157. The van der Waals surface area contributed by atoms with Gasteiger partial charge in [-0.1, -0.05) is 36.8 Å². The van der Waals surface area contributed by atoms with Crippen molar-refractivity contribution in [1.29, 1.82) is 0 Å². The van der Waals surface area contributed by atoms with Gasteiger partial charge in [0.1, 0.15) is 0 Å². The summed E-state index contributed by atoms with van der Waals surface area (Å²) in [5.74, 6) is 0.484. The predicted octanol–water partition coefficient (Wildman–Crippen LogP) is 2.75. The first-order chi connectivity index (χ1) is 11.7. The number of hydrogen-bond donors (Lipinski definition) is 1. The Balaban J connectivity index is 1.37. The number of carbonyl (C=O) groups excluding carboxylic acids is 1. The van der Waals surface area contributed by atoms with Gasteiger partial charge in [0.05, 0.1) is 12.7 Å². The molecule has 2 atom stereocenters. The van der Waals surface area contributed by atoms with Crippen LogP contribution in [0.5, 0.6) is 0 Å². The molecule has 1 saturated heterocycles. The van der Waals surface area contributed by atoms with Crippen LogP contribution in [0.2, 0.25) is 0 Å². The number of hydrogen-bond acceptors (Lipinski definition) is 3. The van der Waals surface area contributed by atoms with Gasteiger partial charge in [-0.2, -0.15) is 0 Å². The van der Waals surface area contributed by atoms with Crippen LogP contribution in [0.15, 0.2) is 30.3 Å². The summed E-state index contributed by atoms with van der Waals surface area (Å²) in [6, 6.07) is 10.7. The molecule has 4 nitrogen and oxygen atoms in total. The van der Waals surface area contributed by atoms with Crippen molar-refractivity contribution in [3.05, 3.63) is 35.9 Å². The predicted molar refractivity (Wildman–Crippen MR) is 95.6 cm³/mol. The second-order valence-corrected chi connectivity index (χ2v) is 7.25. The third-order valence-electron chi connectivity index (χ3n) is 5.40. The molecule has 2 aliphatic rings. The Labute approximate surface area is 145 Å². The van der Waals surface area contributed by atoms with Crippen molar-refractivity contribution in [2.45, 2.75) is 57.1 Å². The number of nitrogens with zero attached hydrogens (tertiary/aromatic N) is 1. The molecule has 1 heterocycles. The van der Waals surface area contributed by atoms with E-state index in [9.17, 15) is 4.79 Å². The molecular weight excluding hydrogens is 300 g/mol. The molecule has 24 heavy (non-hydrogen) atoms. The average molecular weight is 330 g/mol. The number of amides is 1. The molecule has 0 radical (unpaired) electrons. The van der Waals surface area contributed by atoms with Crippen molar-refractivity contribution in [1.82, 2.24) is 4.90 Å². The van der Waals surface area contributed by atoms with Gasteiger partial charge in [-0.05, 0) is 44.1 Å².